The summed E-state index contributed by atoms with van der Waals surface area (Å²) in [6.07, 6.45) is 6.31. The predicted octanol–water partition coefficient (Wildman–Crippen LogP) is 2.45. The quantitative estimate of drug-likeness (QED) is 0.706. The summed E-state index contributed by atoms with van der Waals surface area (Å²) in [7, 11) is 2.33. The Hall–Kier alpha value is 0.270. The van der Waals surface area contributed by atoms with Crippen molar-refractivity contribution < 1.29 is 0 Å². The molecular formula is C13H28N2S. The first kappa shape index (κ1) is 14.3. The van der Waals surface area contributed by atoms with Gasteiger partial charge in [-0.25, -0.2) is 0 Å². The largest absolute Gasteiger partial charge is 0.317 e. The lowest BCUT2D eigenvalue weighted by Crippen LogP contribution is -2.53. The fourth-order valence-corrected chi connectivity index (χ4v) is 3.50. The minimum atomic E-state index is 0.768. The Kier molecular flexibility index (Phi) is 6.78. The molecule has 3 unspecified atom stereocenters. The van der Waals surface area contributed by atoms with Crippen LogP contribution in [0.1, 0.15) is 33.1 Å². The summed E-state index contributed by atoms with van der Waals surface area (Å²) in [5, 5.41) is 3.49. The van der Waals surface area contributed by atoms with Crippen LogP contribution in [0.2, 0.25) is 0 Å². The van der Waals surface area contributed by atoms with Crippen LogP contribution in [0.3, 0.4) is 0 Å². The number of thioether (sulfide) groups is 1. The summed E-state index contributed by atoms with van der Waals surface area (Å²) in [5.41, 5.74) is 0. The molecule has 1 rings (SSSR count). The second-order valence-electron chi connectivity index (χ2n) is 4.90. The highest BCUT2D eigenvalue weighted by molar-refractivity contribution is 7.98. The Morgan fingerprint density at radius 3 is 2.56 bits per heavy atom. The predicted molar refractivity (Wildman–Crippen MR) is 75.3 cm³/mol. The number of hydrogen-bond donors (Lipinski definition) is 1. The van der Waals surface area contributed by atoms with E-state index in [4.69, 9.17) is 0 Å². The van der Waals surface area contributed by atoms with Gasteiger partial charge in [0.05, 0.1) is 0 Å². The van der Waals surface area contributed by atoms with Crippen LogP contribution in [0.15, 0.2) is 0 Å². The Bertz CT molecular complexity index is 187. The molecule has 3 atom stereocenters. The van der Waals surface area contributed by atoms with Crippen molar-refractivity contribution in [1.29, 1.82) is 0 Å². The maximum absolute atomic E-state index is 3.49. The number of nitrogens with zero attached hydrogens (tertiary/aromatic N) is 1. The third-order valence-electron chi connectivity index (χ3n) is 3.96. The van der Waals surface area contributed by atoms with E-state index in [-0.39, 0.29) is 0 Å². The van der Waals surface area contributed by atoms with Crippen LogP contribution in [0.4, 0.5) is 0 Å². The van der Waals surface area contributed by atoms with Crippen LogP contribution in [0.5, 0.6) is 0 Å². The first-order valence-electron chi connectivity index (χ1n) is 6.66. The van der Waals surface area contributed by atoms with E-state index in [1.54, 1.807) is 0 Å². The summed E-state index contributed by atoms with van der Waals surface area (Å²) in [6, 6.07) is 1.60. The molecule has 0 aromatic carbocycles. The molecule has 0 saturated heterocycles. The van der Waals surface area contributed by atoms with Crippen molar-refractivity contribution in [1.82, 2.24) is 10.2 Å². The first-order chi connectivity index (χ1) is 7.74. The van der Waals surface area contributed by atoms with E-state index >= 15 is 0 Å². The molecule has 96 valence electrons. The molecule has 0 heterocycles. The zero-order valence-corrected chi connectivity index (χ0v) is 12.1. The third kappa shape index (κ3) is 3.64. The number of nitrogens with one attached hydrogen (secondary N) is 1. The van der Waals surface area contributed by atoms with Crippen molar-refractivity contribution in [3.63, 3.8) is 0 Å². The maximum atomic E-state index is 3.49. The second-order valence-corrected chi connectivity index (χ2v) is 5.81. The van der Waals surface area contributed by atoms with Gasteiger partial charge in [0.15, 0.2) is 0 Å². The lowest BCUT2D eigenvalue weighted by atomic mass is 9.78. The minimum absolute atomic E-state index is 0.768. The Labute approximate surface area is 106 Å². The highest BCUT2D eigenvalue weighted by Crippen LogP contribution is 2.32. The highest BCUT2D eigenvalue weighted by atomic mass is 32.2. The summed E-state index contributed by atoms with van der Waals surface area (Å²) in [6.45, 7) is 6.82. The molecule has 0 radical (unpaired) electrons. The van der Waals surface area contributed by atoms with Gasteiger partial charge in [-0.15, -0.1) is 0 Å². The van der Waals surface area contributed by atoms with Gasteiger partial charge in [0.1, 0.15) is 0 Å². The fraction of sp³-hybridized carbons (Fsp3) is 1.00. The van der Waals surface area contributed by atoms with Gasteiger partial charge >= 0.3 is 0 Å². The van der Waals surface area contributed by atoms with E-state index in [1.165, 1.54) is 31.6 Å². The molecule has 1 aliphatic carbocycles. The molecule has 1 saturated carbocycles. The SMILES string of the molecule is CCNCC1CCC1N(C)C(CC)CSC. The van der Waals surface area contributed by atoms with Crippen molar-refractivity contribution in [3.8, 4) is 0 Å². The molecule has 1 fully saturated rings. The van der Waals surface area contributed by atoms with Gasteiger partial charge in [0.2, 0.25) is 0 Å². The lowest BCUT2D eigenvalue weighted by Gasteiger charge is -2.46. The van der Waals surface area contributed by atoms with Gasteiger partial charge in [-0.2, -0.15) is 11.8 Å². The van der Waals surface area contributed by atoms with Gasteiger partial charge in [0, 0.05) is 17.8 Å². The van der Waals surface area contributed by atoms with Gasteiger partial charge < -0.3 is 5.32 Å². The molecule has 2 nitrogen and oxygen atoms in total. The van der Waals surface area contributed by atoms with Crippen molar-refractivity contribution >= 4 is 11.8 Å². The van der Waals surface area contributed by atoms with Crippen LogP contribution in [-0.4, -0.2) is 49.1 Å². The lowest BCUT2D eigenvalue weighted by molar-refractivity contribution is 0.0559. The first-order valence-corrected chi connectivity index (χ1v) is 8.05. The van der Waals surface area contributed by atoms with Gasteiger partial charge in [0.25, 0.3) is 0 Å². The Morgan fingerprint density at radius 2 is 2.12 bits per heavy atom. The van der Waals surface area contributed by atoms with E-state index in [9.17, 15) is 0 Å². The minimum Gasteiger partial charge on any atom is -0.317 e. The molecule has 0 aromatic rings. The average Bonchev–Trinajstić information content (AvgIpc) is 2.24. The number of rotatable bonds is 8. The molecule has 0 aliphatic heterocycles. The second kappa shape index (κ2) is 7.57. The summed E-state index contributed by atoms with van der Waals surface area (Å²) in [5.74, 6) is 2.16. The average molecular weight is 244 g/mol. The van der Waals surface area contributed by atoms with Crippen LogP contribution in [0, 0.1) is 5.92 Å². The van der Waals surface area contributed by atoms with Crippen molar-refractivity contribution in [2.75, 3.05) is 32.1 Å². The fourth-order valence-electron chi connectivity index (χ4n) is 2.64. The van der Waals surface area contributed by atoms with Gasteiger partial charge in [-0.05, 0) is 51.6 Å². The molecule has 0 aromatic heterocycles. The zero-order valence-electron chi connectivity index (χ0n) is 11.3. The monoisotopic (exact) mass is 244 g/mol. The van der Waals surface area contributed by atoms with E-state index in [1.807, 2.05) is 11.8 Å². The van der Waals surface area contributed by atoms with E-state index in [2.05, 4.69) is 37.4 Å². The third-order valence-corrected chi connectivity index (χ3v) is 4.68. The van der Waals surface area contributed by atoms with Crippen LogP contribution in [-0.2, 0) is 0 Å². The van der Waals surface area contributed by atoms with E-state index in [0.29, 0.717) is 0 Å². The Morgan fingerprint density at radius 1 is 1.38 bits per heavy atom. The maximum Gasteiger partial charge on any atom is 0.0183 e. The van der Waals surface area contributed by atoms with Gasteiger partial charge in [-0.3, -0.25) is 4.90 Å². The molecule has 0 bridgehead atoms. The smallest absolute Gasteiger partial charge is 0.0183 e. The van der Waals surface area contributed by atoms with E-state index < -0.39 is 0 Å². The molecule has 1 N–H and O–H groups in total. The summed E-state index contributed by atoms with van der Waals surface area (Å²) >= 11 is 1.98. The van der Waals surface area contributed by atoms with Crippen LogP contribution < -0.4 is 5.32 Å². The standard InChI is InChI=1S/C13H28N2S/c1-5-12(10-16-4)15(3)13-8-7-11(13)9-14-6-2/h11-14H,5-10H2,1-4H3. The molecule has 0 amide bonds. The summed E-state index contributed by atoms with van der Waals surface area (Å²) < 4.78 is 0. The highest BCUT2D eigenvalue weighted by Gasteiger charge is 2.35. The van der Waals surface area contributed by atoms with Crippen molar-refractivity contribution in [2.24, 2.45) is 5.92 Å². The van der Waals surface area contributed by atoms with Gasteiger partial charge in [-0.1, -0.05) is 13.8 Å². The zero-order chi connectivity index (χ0) is 12.0. The van der Waals surface area contributed by atoms with Crippen molar-refractivity contribution in [3.05, 3.63) is 0 Å². The molecule has 16 heavy (non-hydrogen) atoms. The van der Waals surface area contributed by atoms with E-state index in [0.717, 1.165) is 24.5 Å². The summed E-state index contributed by atoms with van der Waals surface area (Å²) in [4.78, 5) is 2.64. The molecule has 1 aliphatic rings. The van der Waals surface area contributed by atoms with Crippen LogP contribution >= 0.6 is 11.8 Å². The topological polar surface area (TPSA) is 15.3 Å². The van der Waals surface area contributed by atoms with Crippen LogP contribution in [0.25, 0.3) is 0 Å². The normalized spacial score (nSPS) is 26.8. The molecular weight excluding hydrogens is 216 g/mol. The molecule has 3 heteroatoms. The Balaban J connectivity index is 2.37. The van der Waals surface area contributed by atoms with Crippen molar-refractivity contribution in [2.45, 2.75) is 45.2 Å². The molecule has 0 spiro atoms. The number of hydrogen-bond acceptors (Lipinski definition) is 3.